The molecule has 2 N–H and O–H groups in total. The van der Waals surface area contributed by atoms with Crippen LogP contribution in [0.25, 0.3) is 32.8 Å². The topological polar surface area (TPSA) is 71.5 Å². The molecule has 0 aliphatic heterocycles. The molecule has 1 aliphatic carbocycles. The maximum Gasteiger partial charge on any atom is 0.512 e. The van der Waals surface area contributed by atoms with E-state index < -0.39 is 6.16 Å². The number of ether oxygens (including phenoxy) is 2. The van der Waals surface area contributed by atoms with E-state index in [1.54, 1.807) is 0 Å². The van der Waals surface area contributed by atoms with Gasteiger partial charge in [0.15, 0.2) is 0 Å². The smallest absolute Gasteiger partial charge is 0.493 e. The first-order chi connectivity index (χ1) is 19.7. The maximum atomic E-state index is 11.6. The molecule has 5 nitrogen and oxygen atoms in total. The van der Waals surface area contributed by atoms with Crippen molar-refractivity contribution in [2.24, 2.45) is 0 Å². The standard InChI is InChI=1S/C35H33NO4/c37-35(38)40-34-31(21-11-23-39-32-22-9-15-25-14-7-8-17-27(25)32)30-20-10-19-29(33(30)36-34)28-18-6-2-5-16-26(28)24-12-3-1-4-13-24/h1,3-4,7-10,12-15,17,19-20,22,36H,2,5-6,11,16,18,21,23H2,(H,37,38). The second-order valence-corrected chi connectivity index (χ2v) is 10.3. The highest BCUT2D eigenvalue weighted by molar-refractivity contribution is 6.02. The van der Waals surface area contributed by atoms with E-state index in [0.717, 1.165) is 57.8 Å². The molecule has 0 radical (unpaired) electrons. The Morgan fingerprint density at radius 2 is 1.50 bits per heavy atom. The molecule has 0 amide bonds. The third-order valence-corrected chi connectivity index (χ3v) is 7.84. The number of aromatic nitrogens is 1. The number of nitrogens with one attached hydrogen (secondary N) is 1. The Morgan fingerprint density at radius 1 is 0.775 bits per heavy atom. The highest BCUT2D eigenvalue weighted by atomic mass is 16.7. The zero-order chi connectivity index (χ0) is 27.3. The number of hydrogen-bond donors (Lipinski definition) is 2. The first-order valence-corrected chi connectivity index (χ1v) is 14.1. The summed E-state index contributed by atoms with van der Waals surface area (Å²) >= 11 is 0. The summed E-state index contributed by atoms with van der Waals surface area (Å²) in [5.41, 5.74) is 6.92. The molecule has 6 rings (SSSR count). The van der Waals surface area contributed by atoms with Gasteiger partial charge in [-0.2, -0.15) is 0 Å². The van der Waals surface area contributed by atoms with Crippen molar-refractivity contribution >= 4 is 39.0 Å². The Labute approximate surface area is 234 Å². The van der Waals surface area contributed by atoms with Crippen molar-refractivity contribution in [3.05, 3.63) is 108 Å². The van der Waals surface area contributed by atoms with Crippen LogP contribution in [-0.4, -0.2) is 22.9 Å². The predicted molar refractivity (Wildman–Crippen MR) is 161 cm³/mol. The Kier molecular flexibility index (Phi) is 7.53. The lowest BCUT2D eigenvalue weighted by Crippen LogP contribution is -2.06. The molecule has 5 heteroatoms. The summed E-state index contributed by atoms with van der Waals surface area (Å²) in [6.45, 7) is 0.510. The highest BCUT2D eigenvalue weighted by Gasteiger charge is 2.21. The van der Waals surface area contributed by atoms with Gasteiger partial charge in [0.1, 0.15) is 5.75 Å². The fraction of sp³-hybridized carbons (Fsp3) is 0.229. The molecule has 0 saturated heterocycles. The van der Waals surface area contributed by atoms with E-state index in [4.69, 9.17) is 9.47 Å². The first kappa shape index (κ1) is 25.8. The highest BCUT2D eigenvalue weighted by Crippen LogP contribution is 2.41. The van der Waals surface area contributed by atoms with Crippen LogP contribution in [0.15, 0.2) is 91.0 Å². The zero-order valence-corrected chi connectivity index (χ0v) is 22.5. The van der Waals surface area contributed by atoms with Crippen molar-refractivity contribution in [3.63, 3.8) is 0 Å². The molecule has 40 heavy (non-hydrogen) atoms. The number of carbonyl (C=O) groups is 1. The van der Waals surface area contributed by atoms with E-state index in [-0.39, 0.29) is 0 Å². The Hall–Kier alpha value is -4.51. The van der Waals surface area contributed by atoms with E-state index in [1.165, 1.54) is 29.6 Å². The molecule has 0 spiro atoms. The Balaban J connectivity index is 1.33. The van der Waals surface area contributed by atoms with Crippen LogP contribution in [0, 0.1) is 0 Å². The van der Waals surface area contributed by atoms with Crippen LogP contribution in [0.1, 0.15) is 55.2 Å². The Morgan fingerprint density at radius 3 is 2.35 bits per heavy atom. The minimum absolute atomic E-state index is 0.301. The zero-order valence-electron chi connectivity index (χ0n) is 22.5. The van der Waals surface area contributed by atoms with Gasteiger partial charge < -0.3 is 19.6 Å². The molecule has 1 aromatic heterocycles. The molecule has 0 bridgehead atoms. The first-order valence-electron chi connectivity index (χ1n) is 14.1. The molecule has 5 aromatic rings. The van der Waals surface area contributed by atoms with Crippen molar-refractivity contribution in [1.29, 1.82) is 0 Å². The van der Waals surface area contributed by atoms with Gasteiger partial charge in [-0.3, -0.25) is 0 Å². The van der Waals surface area contributed by atoms with Gasteiger partial charge in [-0.15, -0.1) is 0 Å². The van der Waals surface area contributed by atoms with Gasteiger partial charge in [0.2, 0.25) is 5.88 Å². The van der Waals surface area contributed by atoms with Crippen molar-refractivity contribution < 1.29 is 19.4 Å². The number of hydrogen-bond acceptors (Lipinski definition) is 3. The quantitative estimate of drug-likeness (QED) is 0.155. The van der Waals surface area contributed by atoms with Crippen LogP contribution in [0.4, 0.5) is 4.79 Å². The fourth-order valence-corrected chi connectivity index (χ4v) is 6.01. The number of allylic oxidation sites excluding steroid dienone is 2. The molecule has 0 saturated carbocycles. The van der Waals surface area contributed by atoms with E-state index in [1.807, 2.05) is 24.3 Å². The van der Waals surface area contributed by atoms with E-state index >= 15 is 0 Å². The third-order valence-electron chi connectivity index (χ3n) is 7.84. The summed E-state index contributed by atoms with van der Waals surface area (Å²) in [4.78, 5) is 15.0. The minimum atomic E-state index is -1.32. The summed E-state index contributed by atoms with van der Waals surface area (Å²) in [6, 6.07) is 31.2. The lowest BCUT2D eigenvalue weighted by molar-refractivity contribution is 0.142. The number of aromatic amines is 1. The number of aryl methyl sites for hydroxylation is 1. The summed E-state index contributed by atoms with van der Waals surface area (Å²) in [7, 11) is 0. The number of carboxylic acid groups (broad SMARTS) is 1. The number of para-hydroxylation sites is 1. The SMILES string of the molecule is O=C(O)Oc1[nH]c2c(C3=C(c4ccccc4)CCCCC3)cccc2c1CCCOc1cccc2ccccc12. The molecule has 0 fully saturated rings. The molecule has 0 unspecified atom stereocenters. The van der Waals surface area contributed by atoms with Crippen LogP contribution in [-0.2, 0) is 6.42 Å². The van der Waals surface area contributed by atoms with Gasteiger partial charge in [-0.1, -0.05) is 91.3 Å². The van der Waals surface area contributed by atoms with E-state index in [2.05, 4.69) is 71.7 Å². The van der Waals surface area contributed by atoms with Crippen LogP contribution in [0.2, 0.25) is 0 Å². The lowest BCUT2D eigenvalue weighted by atomic mass is 9.90. The molecular formula is C35H33NO4. The van der Waals surface area contributed by atoms with Crippen LogP contribution in [0.3, 0.4) is 0 Å². The summed E-state index contributed by atoms with van der Waals surface area (Å²) in [5, 5.41) is 12.7. The normalized spacial score (nSPS) is 13.9. The van der Waals surface area contributed by atoms with Crippen molar-refractivity contribution in [1.82, 2.24) is 4.98 Å². The average molecular weight is 532 g/mol. The van der Waals surface area contributed by atoms with Crippen molar-refractivity contribution in [2.45, 2.75) is 44.9 Å². The number of fused-ring (bicyclic) bond motifs is 2. The van der Waals surface area contributed by atoms with Gasteiger partial charge in [-0.05, 0) is 66.7 Å². The molecular weight excluding hydrogens is 498 g/mol. The molecule has 202 valence electrons. The number of benzene rings is 4. The lowest BCUT2D eigenvalue weighted by Gasteiger charge is -2.15. The fourth-order valence-electron chi connectivity index (χ4n) is 6.01. The van der Waals surface area contributed by atoms with Crippen LogP contribution in [0.5, 0.6) is 11.6 Å². The third kappa shape index (κ3) is 5.32. The van der Waals surface area contributed by atoms with Gasteiger partial charge in [0.05, 0.1) is 12.1 Å². The number of rotatable bonds is 8. The van der Waals surface area contributed by atoms with Gasteiger partial charge in [0.25, 0.3) is 0 Å². The second kappa shape index (κ2) is 11.7. The van der Waals surface area contributed by atoms with Crippen LogP contribution >= 0.6 is 0 Å². The molecule has 1 heterocycles. The summed E-state index contributed by atoms with van der Waals surface area (Å²) in [6.07, 6.45) is 5.56. The van der Waals surface area contributed by atoms with E-state index in [0.29, 0.717) is 25.3 Å². The molecule has 1 aliphatic rings. The molecule has 0 atom stereocenters. The van der Waals surface area contributed by atoms with E-state index in [9.17, 15) is 9.90 Å². The summed E-state index contributed by atoms with van der Waals surface area (Å²) in [5.74, 6) is 1.16. The maximum absolute atomic E-state index is 11.6. The molecule has 4 aromatic carbocycles. The monoisotopic (exact) mass is 531 g/mol. The number of H-pyrrole nitrogens is 1. The van der Waals surface area contributed by atoms with Gasteiger partial charge in [-0.25, -0.2) is 4.79 Å². The van der Waals surface area contributed by atoms with Crippen LogP contribution < -0.4 is 9.47 Å². The summed E-state index contributed by atoms with van der Waals surface area (Å²) < 4.78 is 11.5. The Bertz CT molecular complexity index is 1680. The average Bonchev–Trinajstić information content (AvgIpc) is 3.14. The van der Waals surface area contributed by atoms with Gasteiger partial charge >= 0.3 is 6.16 Å². The second-order valence-electron chi connectivity index (χ2n) is 10.3. The van der Waals surface area contributed by atoms with Crippen molar-refractivity contribution in [2.75, 3.05) is 6.61 Å². The predicted octanol–water partition coefficient (Wildman–Crippen LogP) is 9.26. The largest absolute Gasteiger partial charge is 0.512 e. The van der Waals surface area contributed by atoms with Gasteiger partial charge in [0, 0.05) is 21.9 Å². The van der Waals surface area contributed by atoms with Crippen molar-refractivity contribution in [3.8, 4) is 11.6 Å². The minimum Gasteiger partial charge on any atom is -0.493 e.